The van der Waals surface area contributed by atoms with Crippen molar-refractivity contribution < 1.29 is 4.79 Å². The normalized spacial score (nSPS) is 11.5. The Labute approximate surface area is 188 Å². The second kappa shape index (κ2) is 9.49. The van der Waals surface area contributed by atoms with Crippen LogP contribution in [-0.4, -0.2) is 27.0 Å². The van der Waals surface area contributed by atoms with Crippen molar-refractivity contribution in [2.45, 2.75) is 58.8 Å². The summed E-state index contributed by atoms with van der Waals surface area (Å²) in [5.41, 5.74) is 4.81. The lowest BCUT2D eigenvalue weighted by Gasteiger charge is -2.32. The molecule has 7 heteroatoms. The monoisotopic (exact) mass is 437 g/mol. The Bertz CT molecular complexity index is 1120. The van der Waals surface area contributed by atoms with E-state index in [-0.39, 0.29) is 11.3 Å². The molecule has 0 fully saturated rings. The number of carbonyl (C=O) groups excluding carboxylic acids is 1. The third kappa shape index (κ3) is 4.57. The van der Waals surface area contributed by atoms with E-state index >= 15 is 0 Å². The summed E-state index contributed by atoms with van der Waals surface area (Å²) in [6.07, 6.45) is 4.30. The van der Waals surface area contributed by atoms with Gasteiger partial charge in [-0.05, 0) is 56.4 Å². The van der Waals surface area contributed by atoms with E-state index < -0.39 is 0 Å². The van der Waals surface area contributed by atoms with E-state index in [2.05, 4.69) is 47.4 Å². The third-order valence-corrected chi connectivity index (χ3v) is 6.62. The molecule has 1 aromatic carbocycles. The van der Waals surface area contributed by atoms with Crippen LogP contribution in [0.4, 0.5) is 0 Å². The number of nitrogens with zero attached hydrogens (tertiary/aromatic N) is 4. The van der Waals surface area contributed by atoms with Crippen molar-refractivity contribution in [1.29, 1.82) is 5.26 Å². The van der Waals surface area contributed by atoms with Crippen LogP contribution in [0.1, 0.15) is 61.2 Å². The molecular formula is C24H28ClN5O. The van der Waals surface area contributed by atoms with Crippen LogP contribution in [0.2, 0.25) is 5.02 Å². The zero-order valence-electron chi connectivity index (χ0n) is 18.5. The van der Waals surface area contributed by atoms with Crippen LogP contribution in [-0.2, 0) is 16.6 Å². The van der Waals surface area contributed by atoms with Crippen LogP contribution in [0, 0.1) is 25.2 Å². The first-order valence-corrected chi connectivity index (χ1v) is 11.0. The minimum atomic E-state index is -0.116. The molecule has 162 valence electrons. The molecule has 0 spiro atoms. The molecule has 0 bridgehead atoms. The van der Waals surface area contributed by atoms with Crippen molar-refractivity contribution in [2.75, 3.05) is 6.54 Å². The van der Waals surface area contributed by atoms with Gasteiger partial charge in [0, 0.05) is 34.8 Å². The number of benzene rings is 1. The van der Waals surface area contributed by atoms with Crippen molar-refractivity contribution in [3.8, 4) is 6.07 Å². The number of nitrogens with one attached hydrogen (secondary N) is 1. The molecule has 0 unspecified atom stereocenters. The average molecular weight is 438 g/mol. The summed E-state index contributed by atoms with van der Waals surface area (Å²) in [4.78, 5) is 17.2. The summed E-state index contributed by atoms with van der Waals surface area (Å²) in [7, 11) is 0. The lowest BCUT2D eigenvalue weighted by atomic mass is 9.76. The fraction of sp³-hybridized carbons (Fsp3) is 0.417. The first-order chi connectivity index (χ1) is 14.8. The lowest BCUT2D eigenvalue weighted by Crippen LogP contribution is -2.40. The number of hydrogen-bond acceptors (Lipinski definition) is 4. The van der Waals surface area contributed by atoms with Gasteiger partial charge in [0.25, 0.3) is 0 Å². The number of aryl methyl sites for hydroxylation is 2. The second-order valence-corrected chi connectivity index (χ2v) is 8.37. The smallest absolute Gasteiger partial charge is 0.220 e. The number of rotatable bonds is 8. The van der Waals surface area contributed by atoms with Crippen LogP contribution >= 0.6 is 11.6 Å². The molecule has 0 aliphatic carbocycles. The van der Waals surface area contributed by atoms with Crippen LogP contribution in [0.3, 0.4) is 0 Å². The molecule has 0 saturated carbocycles. The highest BCUT2D eigenvalue weighted by molar-refractivity contribution is 6.30. The summed E-state index contributed by atoms with van der Waals surface area (Å²) in [6, 6.07) is 10.0. The summed E-state index contributed by atoms with van der Waals surface area (Å²) in [5, 5.41) is 17.3. The average Bonchev–Trinajstić information content (AvgIpc) is 3.18. The molecule has 3 rings (SSSR count). The molecule has 0 atom stereocenters. The molecule has 6 nitrogen and oxygen atoms in total. The minimum absolute atomic E-state index is 0.0114. The second-order valence-electron chi connectivity index (χ2n) is 7.94. The quantitative estimate of drug-likeness (QED) is 0.554. The van der Waals surface area contributed by atoms with Crippen LogP contribution in [0.5, 0.6) is 0 Å². The molecule has 3 aromatic rings. The fourth-order valence-corrected chi connectivity index (χ4v) is 4.29. The van der Waals surface area contributed by atoms with Gasteiger partial charge in [0.1, 0.15) is 11.6 Å². The molecule has 2 aromatic heterocycles. The van der Waals surface area contributed by atoms with Gasteiger partial charge in [0.2, 0.25) is 5.91 Å². The number of aromatic nitrogens is 3. The summed E-state index contributed by atoms with van der Waals surface area (Å²) < 4.78 is 1.68. The zero-order valence-corrected chi connectivity index (χ0v) is 19.3. The number of halogens is 1. The molecular weight excluding hydrogens is 410 g/mol. The maximum Gasteiger partial charge on any atom is 0.220 e. The van der Waals surface area contributed by atoms with Crippen LogP contribution in [0.25, 0.3) is 5.65 Å². The third-order valence-electron chi connectivity index (χ3n) is 6.37. The molecule has 0 aliphatic heterocycles. The number of hydrogen-bond donors (Lipinski definition) is 1. The molecule has 0 radical (unpaired) electrons. The maximum absolute atomic E-state index is 12.7. The van der Waals surface area contributed by atoms with Gasteiger partial charge in [-0.1, -0.05) is 37.6 Å². The van der Waals surface area contributed by atoms with Crippen molar-refractivity contribution in [2.24, 2.45) is 0 Å². The Hall–Kier alpha value is -2.91. The first-order valence-electron chi connectivity index (χ1n) is 10.6. The van der Waals surface area contributed by atoms with Gasteiger partial charge < -0.3 is 5.32 Å². The molecule has 2 heterocycles. The Morgan fingerprint density at radius 3 is 2.52 bits per heavy atom. The molecule has 1 amide bonds. The van der Waals surface area contributed by atoms with Gasteiger partial charge >= 0.3 is 0 Å². The van der Waals surface area contributed by atoms with Gasteiger partial charge in [-0.2, -0.15) is 10.4 Å². The highest BCUT2D eigenvalue weighted by Gasteiger charge is 2.29. The Morgan fingerprint density at radius 2 is 1.90 bits per heavy atom. The van der Waals surface area contributed by atoms with E-state index in [0.717, 1.165) is 29.8 Å². The number of nitriles is 1. The molecule has 1 N–H and O–H groups in total. The topological polar surface area (TPSA) is 83.1 Å². The number of fused-ring (bicyclic) bond motifs is 1. The number of amides is 1. The molecule has 0 saturated heterocycles. The van der Waals surface area contributed by atoms with Crippen molar-refractivity contribution in [3.63, 3.8) is 0 Å². The highest BCUT2D eigenvalue weighted by atomic mass is 35.5. The minimum Gasteiger partial charge on any atom is -0.355 e. The predicted molar refractivity (Wildman–Crippen MR) is 122 cm³/mol. The summed E-state index contributed by atoms with van der Waals surface area (Å²) >= 11 is 6.05. The van der Waals surface area contributed by atoms with Gasteiger partial charge in [-0.15, -0.1) is 0 Å². The standard InChI is InChI=1S/C24H28ClN5O/c1-5-24(6-2,19-7-9-20(25)10-8-19)15-27-22(31)12-11-21-16(3)29-23-18(13-26)14-28-30(23)17(21)4/h7-10,14H,5-6,11-12,15H2,1-4H3,(H,27,31). The van der Waals surface area contributed by atoms with Gasteiger partial charge in [-0.3, -0.25) is 4.79 Å². The summed E-state index contributed by atoms with van der Waals surface area (Å²) in [5.74, 6) is 0.0114. The fourth-order valence-electron chi connectivity index (χ4n) is 4.16. The molecule has 31 heavy (non-hydrogen) atoms. The lowest BCUT2D eigenvalue weighted by molar-refractivity contribution is -0.121. The van der Waals surface area contributed by atoms with Crippen LogP contribution in [0.15, 0.2) is 30.5 Å². The predicted octanol–water partition coefficient (Wildman–Crippen LogP) is 4.68. The Morgan fingerprint density at radius 1 is 1.23 bits per heavy atom. The van der Waals surface area contributed by atoms with Crippen LogP contribution < -0.4 is 5.32 Å². The van der Waals surface area contributed by atoms with Crippen molar-refractivity contribution in [3.05, 3.63) is 63.6 Å². The SMILES string of the molecule is CCC(CC)(CNC(=O)CCc1c(C)nc2c(C#N)cnn2c1C)c1ccc(Cl)cc1. The van der Waals surface area contributed by atoms with Crippen molar-refractivity contribution >= 4 is 23.2 Å². The van der Waals surface area contributed by atoms with Crippen molar-refractivity contribution in [1.82, 2.24) is 19.9 Å². The van der Waals surface area contributed by atoms with E-state index in [4.69, 9.17) is 11.6 Å². The van der Waals surface area contributed by atoms with E-state index in [1.807, 2.05) is 26.0 Å². The van der Waals surface area contributed by atoms with E-state index in [9.17, 15) is 10.1 Å². The number of carbonyl (C=O) groups is 1. The van der Waals surface area contributed by atoms with Gasteiger partial charge in [0.15, 0.2) is 5.65 Å². The Balaban J connectivity index is 1.70. The van der Waals surface area contributed by atoms with Gasteiger partial charge in [-0.25, -0.2) is 9.50 Å². The van der Waals surface area contributed by atoms with E-state index in [1.54, 1.807) is 4.52 Å². The largest absolute Gasteiger partial charge is 0.355 e. The van der Waals surface area contributed by atoms with E-state index in [0.29, 0.717) is 35.6 Å². The highest BCUT2D eigenvalue weighted by Crippen LogP contribution is 2.32. The van der Waals surface area contributed by atoms with E-state index in [1.165, 1.54) is 11.8 Å². The zero-order chi connectivity index (χ0) is 22.6. The molecule has 0 aliphatic rings. The Kier molecular flexibility index (Phi) is 6.97. The first kappa shape index (κ1) is 22.8. The maximum atomic E-state index is 12.7. The summed E-state index contributed by atoms with van der Waals surface area (Å²) in [6.45, 7) is 8.74. The van der Waals surface area contributed by atoms with Gasteiger partial charge in [0.05, 0.1) is 6.20 Å².